The summed E-state index contributed by atoms with van der Waals surface area (Å²) in [4.78, 5) is 22.5. The minimum atomic E-state index is -1.31. The lowest BCUT2D eigenvalue weighted by atomic mass is 9.74. The minimum Gasteiger partial charge on any atom is -0.436 e. The van der Waals surface area contributed by atoms with Crippen molar-refractivity contribution in [1.29, 1.82) is 0 Å². The van der Waals surface area contributed by atoms with Crippen LogP contribution in [0.15, 0.2) is 35.5 Å². The van der Waals surface area contributed by atoms with Crippen molar-refractivity contribution in [3.8, 4) is 11.6 Å². The van der Waals surface area contributed by atoms with E-state index in [1.165, 1.54) is 61.7 Å². The van der Waals surface area contributed by atoms with Crippen LogP contribution in [0.25, 0.3) is 0 Å². The third-order valence-electron chi connectivity index (χ3n) is 5.65. The number of ether oxygens (including phenoxy) is 2. The zero-order valence-corrected chi connectivity index (χ0v) is 18.1. The zero-order chi connectivity index (χ0) is 22.9. The lowest BCUT2D eigenvalue weighted by molar-refractivity contribution is -0.140. The van der Waals surface area contributed by atoms with Gasteiger partial charge in [-0.3, -0.25) is 9.69 Å². The number of rotatable bonds is 3. The summed E-state index contributed by atoms with van der Waals surface area (Å²) in [5.41, 5.74) is 5.37. The first-order valence-electron chi connectivity index (χ1n) is 10.6. The number of pyridine rings is 1. The van der Waals surface area contributed by atoms with Gasteiger partial charge >= 0.3 is 0 Å². The van der Waals surface area contributed by atoms with E-state index in [9.17, 15) is 13.6 Å². The summed E-state index contributed by atoms with van der Waals surface area (Å²) < 4.78 is 40.1. The SMILES string of the molecule is C1CC1.Cc1cnc(Oc2ccc(F)c(C34COCCC3C(=O)N(C)C(N)=N4)c2)c(F)c1. The molecule has 3 aliphatic rings. The molecule has 2 atom stereocenters. The summed E-state index contributed by atoms with van der Waals surface area (Å²) in [5, 5.41) is 0. The number of carbonyl (C=O) groups is 1. The highest BCUT2D eigenvalue weighted by atomic mass is 19.1. The summed E-state index contributed by atoms with van der Waals surface area (Å²) in [6.07, 6.45) is 6.34. The molecule has 2 unspecified atom stereocenters. The first kappa shape index (κ1) is 22.1. The number of halogens is 2. The van der Waals surface area contributed by atoms with Crippen molar-refractivity contribution < 1.29 is 23.0 Å². The third kappa shape index (κ3) is 4.29. The molecule has 32 heavy (non-hydrogen) atoms. The molecule has 1 aliphatic carbocycles. The van der Waals surface area contributed by atoms with Gasteiger partial charge in [0.1, 0.15) is 17.1 Å². The lowest BCUT2D eigenvalue weighted by Crippen LogP contribution is -2.58. The molecule has 0 bridgehead atoms. The second-order valence-electron chi connectivity index (χ2n) is 8.29. The highest BCUT2D eigenvalue weighted by molar-refractivity contribution is 6.00. The molecule has 2 N–H and O–H groups in total. The van der Waals surface area contributed by atoms with Gasteiger partial charge in [0, 0.05) is 25.4 Å². The Morgan fingerprint density at radius 3 is 2.66 bits per heavy atom. The average Bonchev–Trinajstić information content (AvgIpc) is 3.65. The molecule has 1 aromatic carbocycles. The Morgan fingerprint density at radius 2 is 1.97 bits per heavy atom. The predicted molar refractivity (Wildman–Crippen MR) is 114 cm³/mol. The summed E-state index contributed by atoms with van der Waals surface area (Å²) in [6.45, 7) is 2.06. The van der Waals surface area contributed by atoms with Crippen molar-refractivity contribution in [2.45, 2.75) is 38.1 Å². The monoisotopic (exact) mass is 444 g/mol. The topological polar surface area (TPSA) is 90.0 Å². The average molecular weight is 444 g/mol. The fourth-order valence-electron chi connectivity index (χ4n) is 3.77. The second kappa shape index (κ2) is 8.82. The largest absolute Gasteiger partial charge is 0.436 e. The molecule has 7 nitrogen and oxygen atoms in total. The fourth-order valence-corrected chi connectivity index (χ4v) is 3.77. The molecule has 0 spiro atoms. The number of nitrogens with zero attached hydrogens (tertiary/aromatic N) is 3. The predicted octanol–water partition coefficient (Wildman–Crippen LogP) is 3.65. The van der Waals surface area contributed by atoms with E-state index in [0.717, 1.165) is 0 Å². The Bertz CT molecular complexity index is 1060. The molecule has 9 heteroatoms. The normalized spacial score (nSPS) is 24.1. The van der Waals surface area contributed by atoms with Crippen LogP contribution in [-0.2, 0) is 15.1 Å². The van der Waals surface area contributed by atoms with E-state index in [-0.39, 0.29) is 35.7 Å². The maximum atomic E-state index is 14.9. The van der Waals surface area contributed by atoms with Crippen LogP contribution in [0.3, 0.4) is 0 Å². The number of benzene rings is 1. The van der Waals surface area contributed by atoms with Crippen molar-refractivity contribution in [2.75, 3.05) is 20.3 Å². The number of aromatic nitrogens is 1. The standard InChI is InChI=1S/C20H20F2N4O3.C3H6/c1-11-7-16(22)17(24-9-11)29-12-3-4-15(21)14(8-12)20-10-28-6-5-13(20)18(27)26(2)19(23)25-20;1-2-3-1/h3-4,7-9,13H,5-6,10H2,1-2H3,(H2,23,25);1-3H2. The van der Waals surface area contributed by atoms with E-state index >= 15 is 0 Å². The fraction of sp³-hybridized carbons (Fsp3) is 0.435. The first-order valence-corrected chi connectivity index (χ1v) is 10.6. The molecule has 0 radical (unpaired) electrons. The van der Waals surface area contributed by atoms with Crippen molar-refractivity contribution in [2.24, 2.45) is 16.6 Å². The molecule has 1 saturated heterocycles. The maximum Gasteiger partial charge on any atom is 0.255 e. The second-order valence-corrected chi connectivity index (χ2v) is 8.29. The summed E-state index contributed by atoms with van der Waals surface area (Å²) in [5.74, 6) is -2.19. The number of nitrogens with two attached hydrogens (primary N) is 1. The number of aliphatic imine (C=N–C) groups is 1. The zero-order valence-electron chi connectivity index (χ0n) is 18.1. The van der Waals surface area contributed by atoms with Crippen LogP contribution in [-0.4, -0.2) is 42.0 Å². The summed E-state index contributed by atoms with van der Waals surface area (Å²) in [6, 6.07) is 5.23. The van der Waals surface area contributed by atoms with Gasteiger partial charge in [-0.2, -0.15) is 0 Å². The van der Waals surface area contributed by atoms with Crippen molar-refractivity contribution in [3.63, 3.8) is 0 Å². The molecule has 3 heterocycles. The van der Waals surface area contributed by atoms with E-state index in [2.05, 4.69) is 9.98 Å². The van der Waals surface area contributed by atoms with E-state index in [1.54, 1.807) is 6.92 Å². The Morgan fingerprint density at radius 1 is 1.22 bits per heavy atom. The van der Waals surface area contributed by atoms with Crippen LogP contribution in [0.5, 0.6) is 11.6 Å². The van der Waals surface area contributed by atoms with Crippen molar-refractivity contribution in [1.82, 2.24) is 9.88 Å². The van der Waals surface area contributed by atoms with Crippen LogP contribution < -0.4 is 10.5 Å². The van der Waals surface area contributed by atoms with Crippen LogP contribution in [0.1, 0.15) is 36.8 Å². The molecule has 5 rings (SSSR count). The summed E-state index contributed by atoms with van der Waals surface area (Å²) >= 11 is 0. The molecule has 1 saturated carbocycles. The Hall–Kier alpha value is -3.07. The third-order valence-corrected chi connectivity index (χ3v) is 5.65. The van der Waals surface area contributed by atoms with Crippen molar-refractivity contribution >= 4 is 11.9 Å². The molecular weight excluding hydrogens is 418 g/mol. The van der Waals surface area contributed by atoms with Gasteiger partial charge in [-0.25, -0.2) is 18.8 Å². The van der Waals surface area contributed by atoms with Gasteiger partial charge in [-0.15, -0.1) is 0 Å². The van der Waals surface area contributed by atoms with Crippen LogP contribution in [0, 0.1) is 24.5 Å². The Balaban J connectivity index is 0.000000754. The van der Waals surface area contributed by atoms with Gasteiger partial charge < -0.3 is 15.2 Å². The van der Waals surface area contributed by atoms with Crippen molar-refractivity contribution in [3.05, 3.63) is 53.2 Å². The molecule has 2 aliphatic heterocycles. The van der Waals surface area contributed by atoms with Crippen LogP contribution >= 0.6 is 0 Å². The molecule has 1 amide bonds. The number of amides is 1. The highest BCUT2D eigenvalue weighted by Crippen LogP contribution is 2.44. The number of hydrogen-bond acceptors (Lipinski definition) is 6. The van der Waals surface area contributed by atoms with E-state index < -0.39 is 23.1 Å². The van der Waals surface area contributed by atoms with E-state index in [1.807, 2.05) is 0 Å². The van der Waals surface area contributed by atoms with Crippen LogP contribution in [0.2, 0.25) is 0 Å². The number of fused-ring (bicyclic) bond motifs is 1. The first-order chi connectivity index (χ1) is 15.3. The van der Waals surface area contributed by atoms with Gasteiger partial charge in [0.15, 0.2) is 11.8 Å². The number of aryl methyl sites for hydroxylation is 1. The molecule has 1 aromatic heterocycles. The molecule has 170 valence electrons. The van der Waals surface area contributed by atoms with Gasteiger partial charge in [-0.05, 0) is 43.2 Å². The number of hydrogen-bond donors (Lipinski definition) is 1. The lowest BCUT2D eigenvalue weighted by Gasteiger charge is -2.45. The molecule has 2 fully saturated rings. The minimum absolute atomic E-state index is 0.00450. The Labute approximate surface area is 185 Å². The Kier molecular flexibility index (Phi) is 6.10. The summed E-state index contributed by atoms with van der Waals surface area (Å²) in [7, 11) is 1.53. The van der Waals surface area contributed by atoms with Crippen LogP contribution in [0.4, 0.5) is 8.78 Å². The quantitative estimate of drug-likeness (QED) is 0.781. The van der Waals surface area contributed by atoms with E-state index in [4.69, 9.17) is 15.2 Å². The smallest absolute Gasteiger partial charge is 0.255 e. The highest BCUT2D eigenvalue weighted by Gasteiger charge is 2.52. The molecule has 2 aromatic rings. The van der Waals surface area contributed by atoms with Gasteiger partial charge in [0.05, 0.1) is 12.5 Å². The molecular formula is C23H26F2N4O3. The van der Waals surface area contributed by atoms with E-state index in [0.29, 0.717) is 18.6 Å². The van der Waals surface area contributed by atoms with Gasteiger partial charge in [0.25, 0.3) is 5.88 Å². The maximum absolute atomic E-state index is 14.9. The van der Waals surface area contributed by atoms with Gasteiger partial charge in [-0.1, -0.05) is 19.3 Å². The number of carbonyl (C=O) groups excluding carboxylic acids is 1. The number of guanidine groups is 1. The van der Waals surface area contributed by atoms with Gasteiger partial charge in [0.2, 0.25) is 5.91 Å².